The van der Waals surface area contributed by atoms with E-state index in [1.54, 1.807) is 7.11 Å². The minimum Gasteiger partial charge on any atom is -0.497 e. The lowest BCUT2D eigenvalue weighted by atomic mass is 9.89. The fourth-order valence-corrected chi connectivity index (χ4v) is 2.16. The van der Waals surface area contributed by atoms with E-state index in [0.29, 0.717) is 5.92 Å². The van der Waals surface area contributed by atoms with Crippen molar-refractivity contribution in [3.05, 3.63) is 24.3 Å². The Morgan fingerprint density at radius 3 is 2.56 bits per heavy atom. The summed E-state index contributed by atoms with van der Waals surface area (Å²) in [6.45, 7) is 2.28. The lowest BCUT2D eigenvalue weighted by Crippen LogP contribution is -2.15. The van der Waals surface area contributed by atoms with Crippen LogP contribution in [0.1, 0.15) is 32.6 Å². The largest absolute Gasteiger partial charge is 0.497 e. The molecule has 2 nitrogen and oxygen atoms in total. The van der Waals surface area contributed by atoms with Crippen LogP contribution in [0.25, 0.3) is 0 Å². The molecule has 1 aliphatic rings. The summed E-state index contributed by atoms with van der Waals surface area (Å²) in [7, 11) is 1.68. The standard InChI is InChI=1S/C14H19NO/c1-11-5-3-4-6-14(11)15-12-7-9-13(16-2)10-8-12/h7-11H,3-6H2,1-2H3. The molecular formula is C14H19NO. The molecule has 0 N–H and O–H groups in total. The Morgan fingerprint density at radius 1 is 1.19 bits per heavy atom. The van der Waals surface area contributed by atoms with Crippen molar-refractivity contribution in [1.82, 2.24) is 0 Å². The van der Waals surface area contributed by atoms with Crippen LogP contribution in [0.3, 0.4) is 0 Å². The maximum absolute atomic E-state index is 5.13. The van der Waals surface area contributed by atoms with Crippen molar-refractivity contribution in [3.63, 3.8) is 0 Å². The molecule has 0 heterocycles. The van der Waals surface area contributed by atoms with Crippen LogP contribution in [-0.4, -0.2) is 12.8 Å². The first-order valence-corrected chi connectivity index (χ1v) is 6.01. The van der Waals surface area contributed by atoms with Gasteiger partial charge in [-0.05, 0) is 49.4 Å². The summed E-state index contributed by atoms with van der Waals surface area (Å²) in [5.41, 5.74) is 2.40. The molecule has 1 fully saturated rings. The highest BCUT2D eigenvalue weighted by Gasteiger charge is 2.15. The topological polar surface area (TPSA) is 21.6 Å². The van der Waals surface area contributed by atoms with Gasteiger partial charge in [0.25, 0.3) is 0 Å². The van der Waals surface area contributed by atoms with Gasteiger partial charge in [-0.2, -0.15) is 0 Å². The smallest absolute Gasteiger partial charge is 0.119 e. The molecule has 1 aromatic rings. The van der Waals surface area contributed by atoms with E-state index in [2.05, 4.69) is 6.92 Å². The van der Waals surface area contributed by atoms with E-state index in [1.807, 2.05) is 24.3 Å². The molecule has 16 heavy (non-hydrogen) atoms. The van der Waals surface area contributed by atoms with Crippen LogP contribution in [-0.2, 0) is 0 Å². The molecular weight excluding hydrogens is 198 g/mol. The second kappa shape index (κ2) is 5.15. The Kier molecular flexibility index (Phi) is 3.60. The van der Waals surface area contributed by atoms with Crippen LogP contribution in [0.2, 0.25) is 0 Å². The summed E-state index contributed by atoms with van der Waals surface area (Å²) >= 11 is 0. The Bertz CT molecular complexity index is 367. The summed E-state index contributed by atoms with van der Waals surface area (Å²) in [4.78, 5) is 4.74. The molecule has 0 aliphatic heterocycles. The SMILES string of the molecule is COc1ccc(N=C2CCCCC2C)cc1. The highest BCUT2D eigenvalue weighted by molar-refractivity contribution is 5.89. The van der Waals surface area contributed by atoms with Gasteiger partial charge in [0, 0.05) is 5.71 Å². The highest BCUT2D eigenvalue weighted by atomic mass is 16.5. The molecule has 1 aromatic carbocycles. The molecule has 0 radical (unpaired) electrons. The van der Waals surface area contributed by atoms with Gasteiger partial charge in [0.2, 0.25) is 0 Å². The number of methoxy groups -OCH3 is 1. The van der Waals surface area contributed by atoms with Gasteiger partial charge < -0.3 is 4.74 Å². The fourth-order valence-electron chi connectivity index (χ4n) is 2.16. The molecule has 2 rings (SSSR count). The lowest BCUT2D eigenvalue weighted by Gasteiger charge is -2.20. The lowest BCUT2D eigenvalue weighted by molar-refractivity contribution is 0.415. The molecule has 1 aliphatic carbocycles. The molecule has 1 saturated carbocycles. The molecule has 2 heteroatoms. The Hall–Kier alpha value is -1.31. The number of nitrogens with zero attached hydrogens (tertiary/aromatic N) is 1. The average molecular weight is 217 g/mol. The highest BCUT2D eigenvalue weighted by Crippen LogP contribution is 2.25. The number of benzene rings is 1. The average Bonchev–Trinajstić information content (AvgIpc) is 2.33. The molecule has 0 bridgehead atoms. The van der Waals surface area contributed by atoms with Crippen LogP contribution >= 0.6 is 0 Å². The van der Waals surface area contributed by atoms with Gasteiger partial charge in [0.05, 0.1) is 12.8 Å². The Morgan fingerprint density at radius 2 is 1.94 bits per heavy atom. The van der Waals surface area contributed by atoms with Gasteiger partial charge in [0.1, 0.15) is 5.75 Å². The summed E-state index contributed by atoms with van der Waals surface area (Å²) in [6.07, 6.45) is 5.09. The van der Waals surface area contributed by atoms with Gasteiger partial charge in [-0.1, -0.05) is 13.3 Å². The van der Waals surface area contributed by atoms with Gasteiger partial charge in [-0.3, -0.25) is 4.99 Å². The van der Waals surface area contributed by atoms with Crippen molar-refractivity contribution < 1.29 is 4.74 Å². The zero-order valence-electron chi connectivity index (χ0n) is 10.1. The number of hydrogen-bond acceptors (Lipinski definition) is 2. The predicted octanol–water partition coefficient (Wildman–Crippen LogP) is 3.98. The summed E-state index contributed by atoms with van der Waals surface area (Å²) in [5, 5.41) is 0. The van der Waals surface area contributed by atoms with E-state index in [9.17, 15) is 0 Å². The number of aliphatic imine (C=N–C) groups is 1. The van der Waals surface area contributed by atoms with Crippen molar-refractivity contribution >= 4 is 11.4 Å². The zero-order valence-corrected chi connectivity index (χ0v) is 10.1. The Labute approximate surface area is 97.4 Å². The number of rotatable bonds is 2. The first kappa shape index (κ1) is 11.2. The molecule has 0 saturated heterocycles. The van der Waals surface area contributed by atoms with Crippen LogP contribution in [0.15, 0.2) is 29.3 Å². The Balaban J connectivity index is 2.14. The van der Waals surface area contributed by atoms with Gasteiger partial charge in [-0.15, -0.1) is 0 Å². The van der Waals surface area contributed by atoms with Crippen molar-refractivity contribution in [3.8, 4) is 5.75 Å². The van der Waals surface area contributed by atoms with Crippen molar-refractivity contribution in [2.24, 2.45) is 10.9 Å². The maximum atomic E-state index is 5.13. The van der Waals surface area contributed by atoms with E-state index in [0.717, 1.165) is 17.9 Å². The first-order chi connectivity index (χ1) is 7.79. The second-order valence-corrected chi connectivity index (χ2v) is 4.45. The number of ether oxygens (including phenoxy) is 1. The molecule has 1 atom stereocenters. The van der Waals surface area contributed by atoms with Crippen LogP contribution in [0, 0.1) is 5.92 Å². The normalized spacial score (nSPS) is 23.4. The molecule has 0 amide bonds. The minimum absolute atomic E-state index is 0.649. The van der Waals surface area contributed by atoms with Crippen molar-refractivity contribution in [2.45, 2.75) is 32.6 Å². The number of hydrogen-bond donors (Lipinski definition) is 0. The molecule has 0 spiro atoms. The summed E-state index contributed by atoms with van der Waals surface area (Å²) in [5.74, 6) is 1.54. The molecule has 0 aromatic heterocycles. The molecule has 86 valence electrons. The van der Waals surface area contributed by atoms with E-state index in [4.69, 9.17) is 9.73 Å². The van der Waals surface area contributed by atoms with Crippen LogP contribution in [0.5, 0.6) is 5.75 Å². The van der Waals surface area contributed by atoms with Gasteiger partial charge in [-0.25, -0.2) is 0 Å². The summed E-state index contributed by atoms with van der Waals surface area (Å²) in [6, 6.07) is 7.97. The first-order valence-electron chi connectivity index (χ1n) is 6.01. The van der Waals surface area contributed by atoms with Crippen molar-refractivity contribution in [1.29, 1.82) is 0 Å². The van der Waals surface area contributed by atoms with E-state index < -0.39 is 0 Å². The van der Waals surface area contributed by atoms with Crippen LogP contribution < -0.4 is 4.74 Å². The molecule has 1 unspecified atom stereocenters. The second-order valence-electron chi connectivity index (χ2n) is 4.45. The van der Waals surface area contributed by atoms with Crippen molar-refractivity contribution in [2.75, 3.05) is 7.11 Å². The third-order valence-electron chi connectivity index (χ3n) is 3.23. The quantitative estimate of drug-likeness (QED) is 0.734. The third-order valence-corrected chi connectivity index (χ3v) is 3.23. The monoisotopic (exact) mass is 217 g/mol. The predicted molar refractivity (Wildman–Crippen MR) is 67.7 cm³/mol. The summed E-state index contributed by atoms with van der Waals surface area (Å²) < 4.78 is 5.13. The van der Waals surface area contributed by atoms with Crippen LogP contribution in [0.4, 0.5) is 5.69 Å². The van der Waals surface area contributed by atoms with Gasteiger partial charge in [0.15, 0.2) is 0 Å². The minimum atomic E-state index is 0.649. The third kappa shape index (κ3) is 2.63. The van der Waals surface area contributed by atoms with E-state index in [-0.39, 0.29) is 0 Å². The maximum Gasteiger partial charge on any atom is 0.119 e. The van der Waals surface area contributed by atoms with E-state index in [1.165, 1.54) is 25.0 Å². The van der Waals surface area contributed by atoms with E-state index >= 15 is 0 Å². The fraction of sp³-hybridized carbons (Fsp3) is 0.500. The zero-order chi connectivity index (χ0) is 11.4. The van der Waals surface area contributed by atoms with Gasteiger partial charge >= 0.3 is 0 Å².